The summed E-state index contributed by atoms with van der Waals surface area (Å²) >= 11 is 0. The molecule has 1 aliphatic heterocycles. The molecule has 1 saturated heterocycles. The number of benzene rings is 2. The molecule has 4 rings (SSSR count). The van der Waals surface area contributed by atoms with Crippen molar-refractivity contribution >= 4 is 19.2 Å². The van der Waals surface area contributed by atoms with Crippen molar-refractivity contribution in [1.29, 1.82) is 0 Å². The number of hydrogen-bond acceptors (Lipinski definition) is 5. The van der Waals surface area contributed by atoms with Gasteiger partial charge in [0.1, 0.15) is 13.6 Å². The average molecular weight is 429 g/mol. The molecule has 0 spiro atoms. The number of anilines is 2. The minimum atomic E-state index is 0.126. The van der Waals surface area contributed by atoms with Crippen LogP contribution in [-0.2, 0) is 5.31 Å². The van der Waals surface area contributed by atoms with Gasteiger partial charge in [-0.1, -0.05) is 43.7 Å². The van der Waals surface area contributed by atoms with Crippen molar-refractivity contribution in [3.05, 3.63) is 66.2 Å². The standard InChI is InChI=1S/C26H32BN3O2/c1-26(2,27)20-7-5-19(6-8-20)25-23(13-14-24(28-25)32-4)30-17-15-29(16-18-30)21-9-11-22(31-3)12-10-21/h5-14H,15-18,27H2,1-4H3. The van der Waals surface area contributed by atoms with Crippen LogP contribution in [0.1, 0.15) is 19.4 Å². The van der Waals surface area contributed by atoms with Crippen LogP contribution in [0.4, 0.5) is 11.4 Å². The van der Waals surface area contributed by atoms with Gasteiger partial charge in [0.25, 0.3) is 0 Å². The third kappa shape index (κ3) is 4.69. The molecule has 0 radical (unpaired) electrons. The van der Waals surface area contributed by atoms with Gasteiger partial charge in [-0.3, -0.25) is 0 Å². The summed E-state index contributed by atoms with van der Waals surface area (Å²) in [4.78, 5) is 9.68. The van der Waals surface area contributed by atoms with Gasteiger partial charge in [-0.2, -0.15) is 0 Å². The number of aromatic nitrogens is 1. The zero-order valence-corrected chi connectivity index (χ0v) is 19.8. The van der Waals surface area contributed by atoms with Gasteiger partial charge in [0.15, 0.2) is 0 Å². The van der Waals surface area contributed by atoms with Gasteiger partial charge in [-0.25, -0.2) is 4.98 Å². The van der Waals surface area contributed by atoms with Crippen molar-refractivity contribution in [3.63, 3.8) is 0 Å². The lowest BCUT2D eigenvalue weighted by Crippen LogP contribution is -2.46. The number of hydrogen-bond donors (Lipinski definition) is 0. The van der Waals surface area contributed by atoms with Gasteiger partial charge in [0, 0.05) is 43.5 Å². The maximum Gasteiger partial charge on any atom is 0.213 e. The monoisotopic (exact) mass is 429 g/mol. The summed E-state index contributed by atoms with van der Waals surface area (Å²) in [5, 5.41) is 0.126. The normalized spacial score (nSPS) is 14.4. The van der Waals surface area contributed by atoms with Crippen LogP contribution in [0.15, 0.2) is 60.7 Å². The molecule has 0 saturated carbocycles. The number of ether oxygens (including phenoxy) is 2. The van der Waals surface area contributed by atoms with E-state index in [-0.39, 0.29) is 5.31 Å². The zero-order valence-electron chi connectivity index (χ0n) is 19.8. The lowest BCUT2D eigenvalue weighted by Gasteiger charge is -2.38. The molecule has 32 heavy (non-hydrogen) atoms. The molecule has 6 heteroatoms. The Morgan fingerprint density at radius 1 is 0.781 bits per heavy atom. The molecule has 0 aliphatic carbocycles. The molecule has 0 atom stereocenters. The molecule has 166 valence electrons. The Labute approximate surface area is 192 Å². The highest BCUT2D eigenvalue weighted by Gasteiger charge is 2.22. The van der Waals surface area contributed by atoms with Crippen molar-refractivity contribution in [2.24, 2.45) is 0 Å². The maximum absolute atomic E-state index is 5.44. The van der Waals surface area contributed by atoms with Crippen LogP contribution >= 0.6 is 0 Å². The largest absolute Gasteiger partial charge is 0.497 e. The zero-order chi connectivity index (χ0) is 22.7. The highest BCUT2D eigenvalue weighted by molar-refractivity contribution is 6.15. The van der Waals surface area contributed by atoms with Gasteiger partial charge in [0.2, 0.25) is 5.88 Å². The lowest BCUT2D eigenvalue weighted by molar-refractivity contribution is 0.398. The first-order valence-corrected chi connectivity index (χ1v) is 11.2. The topological polar surface area (TPSA) is 37.8 Å². The highest BCUT2D eigenvalue weighted by atomic mass is 16.5. The minimum absolute atomic E-state index is 0.126. The Hall–Kier alpha value is -3.15. The molecular formula is C26H32BN3O2. The van der Waals surface area contributed by atoms with E-state index in [2.05, 4.69) is 74.0 Å². The molecule has 1 aliphatic rings. The number of rotatable bonds is 6. The van der Waals surface area contributed by atoms with E-state index in [9.17, 15) is 0 Å². The van der Waals surface area contributed by atoms with E-state index in [1.54, 1.807) is 14.2 Å². The molecular weight excluding hydrogens is 397 g/mol. The first-order chi connectivity index (χ1) is 15.4. The Kier molecular flexibility index (Phi) is 6.31. The summed E-state index contributed by atoms with van der Waals surface area (Å²) in [6.45, 7) is 8.26. The van der Waals surface area contributed by atoms with Crippen LogP contribution in [-0.4, -0.2) is 53.2 Å². The summed E-state index contributed by atoms with van der Waals surface area (Å²) in [5.74, 6) is 1.53. The minimum Gasteiger partial charge on any atom is -0.497 e. The molecule has 1 aromatic heterocycles. The first-order valence-electron chi connectivity index (χ1n) is 11.2. The smallest absolute Gasteiger partial charge is 0.213 e. The van der Waals surface area contributed by atoms with Crippen LogP contribution in [0.5, 0.6) is 11.6 Å². The summed E-state index contributed by atoms with van der Waals surface area (Å²) in [6.07, 6.45) is 0. The van der Waals surface area contributed by atoms with E-state index >= 15 is 0 Å². The third-order valence-corrected chi connectivity index (χ3v) is 6.14. The second kappa shape index (κ2) is 9.15. The molecule has 5 nitrogen and oxygen atoms in total. The van der Waals surface area contributed by atoms with E-state index < -0.39 is 0 Å². The first kappa shape index (κ1) is 22.1. The molecule has 3 aromatic rings. The Morgan fingerprint density at radius 2 is 1.41 bits per heavy atom. The fraction of sp³-hybridized carbons (Fsp3) is 0.346. The van der Waals surface area contributed by atoms with E-state index in [1.165, 1.54) is 11.3 Å². The molecule has 0 unspecified atom stereocenters. The summed E-state index contributed by atoms with van der Waals surface area (Å²) in [5.41, 5.74) is 5.80. The number of pyridine rings is 1. The van der Waals surface area contributed by atoms with E-state index in [4.69, 9.17) is 14.5 Å². The van der Waals surface area contributed by atoms with Gasteiger partial charge in [-0.05, 0) is 35.6 Å². The van der Waals surface area contributed by atoms with Crippen LogP contribution in [0.3, 0.4) is 0 Å². The Bertz CT molecular complexity index is 1040. The summed E-state index contributed by atoms with van der Waals surface area (Å²) < 4.78 is 10.7. The molecule has 0 amide bonds. The number of methoxy groups -OCH3 is 2. The summed E-state index contributed by atoms with van der Waals surface area (Å²) in [7, 11) is 5.60. The maximum atomic E-state index is 5.44. The molecule has 0 bridgehead atoms. The van der Waals surface area contributed by atoms with Crippen LogP contribution in [0, 0.1) is 0 Å². The van der Waals surface area contributed by atoms with Crippen LogP contribution < -0.4 is 19.3 Å². The molecule has 2 heterocycles. The molecule has 0 N–H and O–H groups in total. The second-order valence-electron chi connectivity index (χ2n) is 9.22. The van der Waals surface area contributed by atoms with Crippen molar-refractivity contribution in [2.75, 3.05) is 50.2 Å². The predicted molar refractivity (Wildman–Crippen MR) is 135 cm³/mol. The van der Waals surface area contributed by atoms with Gasteiger partial charge >= 0.3 is 0 Å². The van der Waals surface area contributed by atoms with Crippen molar-refractivity contribution < 1.29 is 9.47 Å². The van der Waals surface area contributed by atoms with E-state index in [0.29, 0.717) is 5.88 Å². The quantitative estimate of drug-likeness (QED) is 0.555. The number of nitrogens with zero attached hydrogens (tertiary/aromatic N) is 3. The van der Waals surface area contributed by atoms with Gasteiger partial charge in [-0.15, -0.1) is 0 Å². The lowest BCUT2D eigenvalue weighted by atomic mass is 9.67. The van der Waals surface area contributed by atoms with Crippen LogP contribution in [0.2, 0.25) is 0 Å². The Balaban J connectivity index is 1.56. The fourth-order valence-corrected chi connectivity index (χ4v) is 4.14. The van der Waals surface area contributed by atoms with Crippen molar-refractivity contribution in [2.45, 2.75) is 19.2 Å². The van der Waals surface area contributed by atoms with Crippen LogP contribution in [0.25, 0.3) is 11.3 Å². The third-order valence-electron chi connectivity index (χ3n) is 6.14. The van der Waals surface area contributed by atoms with Crippen molar-refractivity contribution in [3.8, 4) is 22.9 Å². The van der Waals surface area contributed by atoms with Gasteiger partial charge in [0.05, 0.1) is 25.6 Å². The Morgan fingerprint density at radius 3 is 1.97 bits per heavy atom. The SMILES string of the molecule is BC(C)(C)c1ccc(-c2nc(OC)ccc2N2CCN(c3ccc(OC)cc3)CC2)cc1. The second-order valence-corrected chi connectivity index (χ2v) is 9.22. The van der Waals surface area contributed by atoms with E-state index in [0.717, 1.165) is 48.9 Å². The molecule has 2 aromatic carbocycles. The average Bonchev–Trinajstić information content (AvgIpc) is 2.83. The fourth-order valence-electron chi connectivity index (χ4n) is 4.14. The molecule has 1 fully saturated rings. The van der Waals surface area contributed by atoms with Gasteiger partial charge < -0.3 is 19.3 Å². The number of piperazine rings is 1. The summed E-state index contributed by atoms with van der Waals surface area (Å²) in [6, 6.07) is 21.2. The van der Waals surface area contributed by atoms with E-state index in [1.807, 2.05) is 18.2 Å². The highest BCUT2D eigenvalue weighted by Crippen LogP contribution is 2.33. The predicted octanol–water partition coefficient (Wildman–Crippen LogP) is 3.96. The van der Waals surface area contributed by atoms with Crippen molar-refractivity contribution in [1.82, 2.24) is 4.98 Å².